The fourth-order valence-corrected chi connectivity index (χ4v) is 3.52. The molecule has 28 heavy (non-hydrogen) atoms. The van der Waals surface area contributed by atoms with Gasteiger partial charge in [-0.2, -0.15) is 0 Å². The first-order chi connectivity index (χ1) is 13.5. The second-order valence-electron chi connectivity index (χ2n) is 6.35. The number of carbonyl (C=O) groups is 2. The number of hydrogen-bond donors (Lipinski definition) is 1. The number of urea groups is 1. The van der Waals surface area contributed by atoms with E-state index in [9.17, 15) is 9.59 Å². The topological polar surface area (TPSA) is 58.6 Å². The second kappa shape index (κ2) is 8.67. The van der Waals surface area contributed by atoms with E-state index in [1.54, 1.807) is 48.5 Å². The normalized spacial score (nSPS) is 16.8. The largest absolute Gasteiger partial charge is 0.466 e. The number of ether oxygens (including phenoxy) is 1. The molecule has 146 valence electrons. The number of methoxy groups -OCH3 is 1. The summed E-state index contributed by atoms with van der Waals surface area (Å²) in [7, 11) is 1.33. The van der Waals surface area contributed by atoms with Crippen molar-refractivity contribution in [2.75, 3.05) is 12.0 Å². The Kier molecular flexibility index (Phi) is 6.27. The Balaban J connectivity index is 2.18. The van der Waals surface area contributed by atoms with Crippen LogP contribution in [0.25, 0.3) is 0 Å². The Bertz CT molecular complexity index is 908. The average molecular weight is 419 g/mol. The van der Waals surface area contributed by atoms with Crippen molar-refractivity contribution < 1.29 is 14.3 Å². The van der Waals surface area contributed by atoms with Gasteiger partial charge in [0.15, 0.2) is 0 Å². The Hall–Kier alpha value is -2.50. The lowest BCUT2D eigenvalue weighted by Crippen LogP contribution is -2.48. The zero-order valence-corrected chi connectivity index (χ0v) is 17.1. The molecule has 2 amide bonds. The minimum absolute atomic E-state index is 0.321. The monoisotopic (exact) mass is 418 g/mol. The summed E-state index contributed by atoms with van der Waals surface area (Å²) in [5, 5.41) is 4.06. The number of allylic oxidation sites excluding steroid dienone is 1. The molecule has 0 bridgehead atoms. The van der Waals surface area contributed by atoms with E-state index < -0.39 is 12.0 Å². The number of anilines is 1. The van der Waals surface area contributed by atoms with Crippen LogP contribution in [0.3, 0.4) is 0 Å². The van der Waals surface area contributed by atoms with Gasteiger partial charge in [-0.25, -0.2) is 9.59 Å². The number of amides is 2. The molecular weight excluding hydrogens is 399 g/mol. The van der Waals surface area contributed by atoms with Crippen molar-refractivity contribution >= 4 is 40.9 Å². The number of hydrogen-bond acceptors (Lipinski definition) is 3. The summed E-state index contributed by atoms with van der Waals surface area (Å²) >= 11 is 12.0. The van der Waals surface area contributed by atoms with Crippen LogP contribution < -0.4 is 10.2 Å². The third-order valence-corrected chi connectivity index (χ3v) is 5.02. The maximum absolute atomic E-state index is 13.0. The molecule has 0 saturated carbocycles. The van der Waals surface area contributed by atoms with Gasteiger partial charge in [-0.1, -0.05) is 48.7 Å². The standard InChI is InChI=1S/C21H20Cl2N2O3/c1-3-4-17-18(20(26)28-2)19(13-5-7-14(22)8-6-13)24-21(27)25(17)16-11-9-15(23)10-12-16/h5-12,19H,3-4H2,1-2H3,(H,24,27). The lowest BCUT2D eigenvalue weighted by molar-refractivity contribution is -0.136. The van der Waals surface area contributed by atoms with Crippen molar-refractivity contribution in [3.05, 3.63) is 75.4 Å². The molecule has 1 heterocycles. The zero-order chi connectivity index (χ0) is 20.3. The molecule has 1 unspecified atom stereocenters. The van der Waals surface area contributed by atoms with Crippen LogP contribution in [-0.2, 0) is 9.53 Å². The first-order valence-electron chi connectivity index (χ1n) is 8.89. The third kappa shape index (κ3) is 4.01. The van der Waals surface area contributed by atoms with Crippen molar-refractivity contribution in [3.8, 4) is 0 Å². The molecular formula is C21H20Cl2N2O3. The van der Waals surface area contributed by atoms with E-state index in [4.69, 9.17) is 27.9 Å². The van der Waals surface area contributed by atoms with E-state index in [0.29, 0.717) is 33.4 Å². The van der Waals surface area contributed by atoms with Crippen molar-refractivity contribution in [3.63, 3.8) is 0 Å². The summed E-state index contributed by atoms with van der Waals surface area (Å²) in [6.45, 7) is 1.99. The molecule has 1 aliphatic heterocycles. The fourth-order valence-electron chi connectivity index (χ4n) is 3.27. The van der Waals surface area contributed by atoms with Gasteiger partial charge < -0.3 is 10.1 Å². The van der Waals surface area contributed by atoms with Crippen molar-refractivity contribution in [1.29, 1.82) is 0 Å². The molecule has 1 aliphatic rings. The molecule has 1 atom stereocenters. The van der Waals surface area contributed by atoms with E-state index in [2.05, 4.69) is 5.32 Å². The number of rotatable bonds is 5. The average Bonchev–Trinajstić information content (AvgIpc) is 2.69. The van der Waals surface area contributed by atoms with E-state index in [1.165, 1.54) is 12.0 Å². The molecule has 7 heteroatoms. The number of nitrogens with one attached hydrogen (secondary N) is 1. The van der Waals surface area contributed by atoms with E-state index in [1.807, 2.05) is 6.92 Å². The highest BCUT2D eigenvalue weighted by atomic mass is 35.5. The van der Waals surface area contributed by atoms with Gasteiger partial charge in [0.05, 0.1) is 24.4 Å². The van der Waals surface area contributed by atoms with Crippen LogP contribution in [0.15, 0.2) is 59.8 Å². The summed E-state index contributed by atoms with van der Waals surface area (Å²) in [5.41, 5.74) is 2.39. The molecule has 0 radical (unpaired) electrons. The first kappa shape index (κ1) is 20.2. The van der Waals surface area contributed by atoms with E-state index >= 15 is 0 Å². The van der Waals surface area contributed by atoms with Crippen molar-refractivity contribution in [2.24, 2.45) is 0 Å². The predicted molar refractivity (Wildman–Crippen MR) is 111 cm³/mol. The van der Waals surface area contributed by atoms with Gasteiger partial charge in [-0.05, 0) is 48.4 Å². The highest BCUT2D eigenvalue weighted by molar-refractivity contribution is 6.30. The van der Waals surface area contributed by atoms with Crippen molar-refractivity contribution in [1.82, 2.24) is 5.32 Å². The SMILES string of the molecule is CCCC1=C(C(=O)OC)C(c2ccc(Cl)cc2)NC(=O)N1c1ccc(Cl)cc1. The number of carbonyl (C=O) groups excluding carboxylic acids is 2. The molecule has 3 rings (SSSR count). The number of nitrogens with zero attached hydrogens (tertiary/aromatic N) is 1. The van der Waals surface area contributed by atoms with Crippen LogP contribution in [0.4, 0.5) is 10.5 Å². The van der Waals surface area contributed by atoms with Crippen LogP contribution in [0.5, 0.6) is 0 Å². The fraction of sp³-hybridized carbons (Fsp3) is 0.238. The van der Waals surface area contributed by atoms with Gasteiger partial charge in [0, 0.05) is 15.7 Å². The maximum Gasteiger partial charge on any atom is 0.338 e. The van der Waals surface area contributed by atoms with E-state index in [0.717, 1.165) is 12.0 Å². The summed E-state index contributed by atoms with van der Waals surface area (Å²) < 4.78 is 5.06. The quantitative estimate of drug-likeness (QED) is 0.652. The van der Waals surface area contributed by atoms with Gasteiger partial charge in [0.2, 0.25) is 0 Å². The van der Waals surface area contributed by atoms with Crippen LogP contribution in [0, 0.1) is 0 Å². The zero-order valence-electron chi connectivity index (χ0n) is 15.5. The number of benzene rings is 2. The van der Waals surface area contributed by atoms with Crippen LogP contribution in [-0.4, -0.2) is 19.1 Å². The molecule has 0 fully saturated rings. The predicted octanol–water partition coefficient (Wildman–Crippen LogP) is 5.49. The van der Waals surface area contributed by atoms with Crippen molar-refractivity contribution in [2.45, 2.75) is 25.8 Å². The second-order valence-corrected chi connectivity index (χ2v) is 7.22. The molecule has 0 spiro atoms. The number of halogens is 2. The first-order valence-corrected chi connectivity index (χ1v) is 9.64. The Morgan fingerprint density at radius 1 is 1.07 bits per heavy atom. The van der Waals surface area contributed by atoms with Gasteiger partial charge in [-0.3, -0.25) is 4.90 Å². The Morgan fingerprint density at radius 2 is 1.64 bits per heavy atom. The van der Waals surface area contributed by atoms with Crippen LogP contribution in [0.1, 0.15) is 31.4 Å². The molecule has 0 aliphatic carbocycles. The molecule has 2 aromatic carbocycles. The van der Waals surface area contributed by atoms with Crippen LogP contribution in [0.2, 0.25) is 10.0 Å². The molecule has 2 aromatic rings. The Morgan fingerprint density at radius 3 is 2.18 bits per heavy atom. The summed E-state index contributed by atoms with van der Waals surface area (Å²) in [6.07, 6.45) is 1.28. The van der Waals surface area contributed by atoms with Gasteiger partial charge in [0.25, 0.3) is 0 Å². The lowest BCUT2D eigenvalue weighted by atomic mass is 9.92. The van der Waals surface area contributed by atoms with E-state index in [-0.39, 0.29) is 6.03 Å². The molecule has 0 saturated heterocycles. The smallest absolute Gasteiger partial charge is 0.338 e. The van der Waals surface area contributed by atoms with Gasteiger partial charge in [-0.15, -0.1) is 0 Å². The summed E-state index contributed by atoms with van der Waals surface area (Å²) in [6, 6.07) is 13.0. The van der Waals surface area contributed by atoms with Crippen LogP contribution >= 0.6 is 23.2 Å². The number of esters is 1. The summed E-state index contributed by atoms with van der Waals surface area (Å²) in [4.78, 5) is 27.3. The highest BCUT2D eigenvalue weighted by Crippen LogP contribution is 2.36. The molecule has 5 nitrogen and oxygen atoms in total. The maximum atomic E-state index is 13.0. The molecule has 0 aromatic heterocycles. The minimum Gasteiger partial charge on any atom is -0.466 e. The van der Waals surface area contributed by atoms with Gasteiger partial charge >= 0.3 is 12.0 Å². The van der Waals surface area contributed by atoms with Gasteiger partial charge in [0.1, 0.15) is 0 Å². The third-order valence-electron chi connectivity index (χ3n) is 4.52. The lowest BCUT2D eigenvalue weighted by Gasteiger charge is -2.36. The Labute approximate surface area is 173 Å². The minimum atomic E-state index is -0.623. The summed E-state index contributed by atoms with van der Waals surface area (Å²) in [5.74, 6) is -0.484. The molecule has 1 N–H and O–H groups in total. The highest BCUT2D eigenvalue weighted by Gasteiger charge is 2.38.